The second kappa shape index (κ2) is 6.75. The topological polar surface area (TPSA) is 104 Å². The highest BCUT2D eigenvalue weighted by Crippen LogP contribution is 2.11. The van der Waals surface area contributed by atoms with Crippen molar-refractivity contribution in [1.29, 1.82) is 0 Å². The van der Waals surface area contributed by atoms with Crippen LogP contribution in [-0.2, 0) is 4.74 Å². The van der Waals surface area contributed by atoms with Crippen LogP contribution in [0, 0.1) is 0 Å². The molecule has 1 aromatic rings. The Balaban J connectivity index is 2.57. The number of ether oxygens (including phenoxy) is 3. The van der Waals surface area contributed by atoms with Gasteiger partial charge < -0.3 is 14.2 Å². The van der Waals surface area contributed by atoms with Crippen LogP contribution in [-0.4, -0.2) is 41.9 Å². The average Bonchev–Trinajstić information content (AvgIpc) is 2.34. The lowest BCUT2D eigenvalue weighted by atomic mass is 10.7. The van der Waals surface area contributed by atoms with Crippen LogP contribution in [0.25, 0.3) is 0 Å². The lowest BCUT2D eigenvalue weighted by molar-refractivity contribution is 0.106. The number of nitrogens with one attached hydrogen (secondary N) is 1. The van der Waals surface area contributed by atoms with Crippen molar-refractivity contribution in [3.63, 3.8) is 0 Å². The van der Waals surface area contributed by atoms with Crippen LogP contribution >= 0.6 is 0 Å². The standard InChI is InChI=1S/C8H15N5O3/c1-3-15-4-5-16-8-11-6(13-9)10-7(12-8)14-2/h3-5,9H2,1-2H3,(H,10,11,12,13). The van der Waals surface area contributed by atoms with Crippen LogP contribution < -0.4 is 20.7 Å². The van der Waals surface area contributed by atoms with E-state index in [1.807, 2.05) is 6.92 Å². The molecular weight excluding hydrogens is 214 g/mol. The molecule has 16 heavy (non-hydrogen) atoms. The number of nitrogens with zero attached hydrogens (tertiary/aromatic N) is 3. The fraction of sp³-hybridized carbons (Fsp3) is 0.625. The van der Waals surface area contributed by atoms with Gasteiger partial charge >= 0.3 is 12.0 Å². The van der Waals surface area contributed by atoms with Crippen molar-refractivity contribution < 1.29 is 14.2 Å². The number of hydrogen-bond acceptors (Lipinski definition) is 8. The maximum absolute atomic E-state index is 5.23. The first-order valence-electron chi connectivity index (χ1n) is 4.77. The molecule has 0 aliphatic rings. The molecule has 90 valence electrons. The zero-order valence-corrected chi connectivity index (χ0v) is 9.27. The van der Waals surface area contributed by atoms with E-state index in [2.05, 4.69) is 20.4 Å². The largest absolute Gasteiger partial charge is 0.467 e. The van der Waals surface area contributed by atoms with Crippen molar-refractivity contribution in [3.05, 3.63) is 0 Å². The predicted molar refractivity (Wildman–Crippen MR) is 56.2 cm³/mol. The van der Waals surface area contributed by atoms with Crippen LogP contribution in [0.3, 0.4) is 0 Å². The second-order valence-corrected chi connectivity index (χ2v) is 2.62. The summed E-state index contributed by atoms with van der Waals surface area (Å²) in [6, 6.07) is 0.272. The Morgan fingerprint density at radius 3 is 2.56 bits per heavy atom. The maximum atomic E-state index is 5.23. The molecule has 1 heterocycles. The van der Waals surface area contributed by atoms with E-state index >= 15 is 0 Å². The average molecular weight is 229 g/mol. The van der Waals surface area contributed by atoms with Crippen molar-refractivity contribution >= 4 is 5.95 Å². The maximum Gasteiger partial charge on any atom is 0.324 e. The van der Waals surface area contributed by atoms with Crippen LogP contribution in [0.1, 0.15) is 6.92 Å². The number of anilines is 1. The third kappa shape index (κ3) is 3.83. The first-order valence-corrected chi connectivity index (χ1v) is 4.77. The molecule has 0 spiro atoms. The van der Waals surface area contributed by atoms with Crippen LogP contribution in [0.2, 0.25) is 0 Å². The van der Waals surface area contributed by atoms with Gasteiger partial charge in [-0.15, -0.1) is 4.98 Å². The minimum absolute atomic E-state index is 0.134. The molecule has 0 aliphatic heterocycles. The Kier molecular flexibility index (Phi) is 5.23. The zero-order valence-electron chi connectivity index (χ0n) is 9.27. The summed E-state index contributed by atoms with van der Waals surface area (Å²) in [4.78, 5) is 11.6. The van der Waals surface area contributed by atoms with Gasteiger partial charge in [-0.25, -0.2) is 5.84 Å². The van der Waals surface area contributed by atoms with Crippen LogP contribution in [0.4, 0.5) is 5.95 Å². The van der Waals surface area contributed by atoms with E-state index in [0.29, 0.717) is 19.8 Å². The Morgan fingerprint density at radius 2 is 1.94 bits per heavy atom. The van der Waals surface area contributed by atoms with E-state index < -0.39 is 0 Å². The number of rotatable bonds is 7. The molecule has 0 saturated carbocycles. The van der Waals surface area contributed by atoms with Crippen molar-refractivity contribution in [3.8, 4) is 12.0 Å². The highest BCUT2D eigenvalue weighted by molar-refractivity contribution is 5.25. The van der Waals surface area contributed by atoms with Gasteiger partial charge in [-0.1, -0.05) is 0 Å². The fourth-order valence-electron chi connectivity index (χ4n) is 0.895. The number of nitrogen functional groups attached to an aromatic ring is 1. The minimum Gasteiger partial charge on any atom is -0.467 e. The molecule has 1 aromatic heterocycles. The first kappa shape index (κ1) is 12.4. The molecule has 0 atom stereocenters. The summed E-state index contributed by atoms with van der Waals surface area (Å²) >= 11 is 0. The Labute approximate surface area is 93.1 Å². The predicted octanol–water partition coefficient (Wildman–Crippen LogP) is -0.419. The number of methoxy groups -OCH3 is 1. The summed E-state index contributed by atoms with van der Waals surface area (Å²) in [5.41, 5.74) is 2.29. The highest BCUT2D eigenvalue weighted by Gasteiger charge is 2.06. The molecule has 0 fully saturated rings. The molecule has 0 unspecified atom stereocenters. The van der Waals surface area contributed by atoms with E-state index in [1.165, 1.54) is 7.11 Å². The molecule has 0 aliphatic carbocycles. The van der Waals surface area contributed by atoms with Crippen molar-refractivity contribution in [2.24, 2.45) is 5.84 Å². The molecule has 0 aromatic carbocycles. The number of hydrogen-bond donors (Lipinski definition) is 2. The summed E-state index contributed by atoms with van der Waals surface area (Å²) < 4.78 is 15.2. The first-order chi connectivity index (χ1) is 7.80. The quantitative estimate of drug-likeness (QED) is 0.369. The van der Waals surface area contributed by atoms with Crippen molar-refractivity contribution in [2.75, 3.05) is 32.4 Å². The van der Waals surface area contributed by atoms with Crippen LogP contribution in [0.15, 0.2) is 0 Å². The summed E-state index contributed by atoms with van der Waals surface area (Å²) in [6.07, 6.45) is 0. The fourth-order valence-corrected chi connectivity index (χ4v) is 0.895. The Hall–Kier alpha value is -1.67. The zero-order chi connectivity index (χ0) is 11.8. The van der Waals surface area contributed by atoms with Gasteiger partial charge in [0.1, 0.15) is 6.61 Å². The van der Waals surface area contributed by atoms with Gasteiger partial charge in [0.25, 0.3) is 0 Å². The molecular formula is C8H15N5O3. The molecule has 0 radical (unpaired) electrons. The van der Waals surface area contributed by atoms with Crippen molar-refractivity contribution in [1.82, 2.24) is 15.0 Å². The number of hydrazine groups is 1. The van der Waals surface area contributed by atoms with Gasteiger partial charge in [-0.05, 0) is 6.92 Å². The van der Waals surface area contributed by atoms with E-state index in [9.17, 15) is 0 Å². The molecule has 1 rings (SSSR count). The van der Waals surface area contributed by atoms with Crippen LogP contribution in [0.5, 0.6) is 12.0 Å². The molecule has 0 bridgehead atoms. The monoisotopic (exact) mass is 229 g/mol. The summed E-state index contributed by atoms with van der Waals surface area (Å²) in [6.45, 7) is 3.36. The minimum atomic E-state index is 0.134. The van der Waals surface area contributed by atoms with Gasteiger partial charge in [0.2, 0.25) is 5.95 Å². The lowest BCUT2D eigenvalue weighted by Crippen LogP contribution is -2.14. The Bertz CT molecular complexity index is 300. The van der Waals surface area contributed by atoms with Gasteiger partial charge in [0.05, 0.1) is 13.7 Å². The van der Waals surface area contributed by atoms with E-state index in [4.69, 9.17) is 20.1 Å². The third-order valence-electron chi connectivity index (χ3n) is 1.57. The van der Waals surface area contributed by atoms with E-state index in [0.717, 1.165) is 0 Å². The molecule has 8 heteroatoms. The van der Waals surface area contributed by atoms with E-state index in [-0.39, 0.29) is 18.0 Å². The molecule has 8 nitrogen and oxygen atoms in total. The smallest absolute Gasteiger partial charge is 0.324 e. The third-order valence-corrected chi connectivity index (χ3v) is 1.57. The SMILES string of the molecule is CCOCCOc1nc(NN)nc(OC)n1. The summed E-state index contributed by atoms with van der Waals surface area (Å²) in [5, 5.41) is 0. The lowest BCUT2D eigenvalue weighted by Gasteiger charge is -2.06. The normalized spacial score (nSPS) is 9.94. The molecule has 0 saturated heterocycles. The highest BCUT2D eigenvalue weighted by atomic mass is 16.5. The van der Waals surface area contributed by atoms with Crippen molar-refractivity contribution in [2.45, 2.75) is 6.92 Å². The molecule has 3 N–H and O–H groups in total. The molecule has 0 amide bonds. The number of aromatic nitrogens is 3. The Morgan fingerprint density at radius 1 is 1.19 bits per heavy atom. The summed E-state index contributed by atoms with van der Waals surface area (Å²) in [5.74, 6) is 5.36. The van der Waals surface area contributed by atoms with Gasteiger partial charge in [0.15, 0.2) is 0 Å². The van der Waals surface area contributed by atoms with Gasteiger partial charge in [-0.3, -0.25) is 5.43 Å². The number of nitrogens with two attached hydrogens (primary N) is 1. The van der Waals surface area contributed by atoms with Gasteiger partial charge in [0, 0.05) is 6.61 Å². The summed E-state index contributed by atoms with van der Waals surface area (Å²) in [7, 11) is 1.44. The van der Waals surface area contributed by atoms with E-state index in [1.54, 1.807) is 0 Å². The second-order valence-electron chi connectivity index (χ2n) is 2.62. The van der Waals surface area contributed by atoms with Gasteiger partial charge in [-0.2, -0.15) is 9.97 Å².